The van der Waals surface area contributed by atoms with E-state index in [0.717, 1.165) is 48.0 Å². The number of carbonyl (C=O) groups excluding carboxylic acids is 1. The Bertz CT molecular complexity index is 945. The van der Waals surface area contributed by atoms with Gasteiger partial charge in [0.2, 0.25) is 6.41 Å². The molecule has 1 saturated carbocycles. The Morgan fingerprint density at radius 2 is 1.76 bits per heavy atom. The van der Waals surface area contributed by atoms with Crippen molar-refractivity contribution in [2.75, 3.05) is 31.5 Å². The van der Waals surface area contributed by atoms with Gasteiger partial charge in [0.1, 0.15) is 5.75 Å². The molecule has 5 nitrogen and oxygen atoms in total. The number of hydrogen-bond acceptors (Lipinski definition) is 4. The topological polar surface area (TPSA) is 67.6 Å². The number of halogens is 4. The number of anilines is 1. The number of aryl methyl sites for hydroxylation is 1. The summed E-state index contributed by atoms with van der Waals surface area (Å²) < 4.78 is 42.5. The molecular formula is C29H41ClF3N3O2. The minimum Gasteiger partial charge on any atom is -0.489 e. The number of nitrogens with two attached hydrogens (primary N) is 1. The highest BCUT2D eigenvalue weighted by atomic mass is 35.5. The highest BCUT2D eigenvalue weighted by Crippen LogP contribution is 2.33. The molecule has 0 aromatic heterocycles. The average molecular weight is 556 g/mol. The molecule has 1 amide bonds. The molecule has 1 heterocycles. The van der Waals surface area contributed by atoms with E-state index in [1.54, 1.807) is 0 Å². The number of amides is 1. The highest BCUT2D eigenvalue weighted by Gasteiger charge is 2.29. The molecule has 0 bridgehead atoms. The molecule has 2 aliphatic rings. The molecule has 212 valence electrons. The summed E-state index contributed by atoms with van der Waals surface area (Å²) in [4.78, 5) is 11.1. The summed E-state index contributed by atoms with van der Waals surface area (Å²) in [5, 5.41) is 3.86. The van der Waals surface area contributed by atoms with Crippen molar-refractivity contribution >= 4 is 23.7 Å². The first kappa shape index (κ1) is 31.8. The fourth-order valence-corrected chi connectivity index (χ4v) is 4.20. The number of benzene rings is 2. The fourth-order valence-electron chi connectivity index (χ4n) is 3.96. The van der Waals surface area contributed by atoms with Gasteiger partial charge in [-0.3, -0.25) is 4.79 Å². The predicted octanol–water partition coefficient (Wildman–Crippen LogP) is 7.17. The maximum atomic E-state index is 12.3. The van der Waals surface area contributed by atoms with Gasteiger partial charge in [-0.15, -0.1) is 0 Å². The van der Waals surface area contributed by atoms with Crippen molar-refractivity contribution in [2.45, 2.75) is 71.1 Å². The largest absolute Gasteiger partial charge is 0.489 e. The van der Waals surface area contributed by atoms with Crippen LogP contribution in [-0.2, 0) is 17.4 Å². The molecule has 3 N–H and O–H groups in total. The van der Waals surface area contributed by atoms with Crippen molar-refractivity contribution in [3.8, 4) is 5.75 Å². The second kappa shape index (κ2) is 16.5. The Balaban J connectivity index is 0.000000246. The van der Waals surface area contributed by atoms with E-state index in [1.807, 2.05) is 6.07 Å². The molecule has 0 radical (unpaired) electrons. The second-order valence-electron chi connectivity index (χ2n) is 10.1. The maximum Gasteiger partial charge on any atom is 0.416 e. The predicted molar refractivity (Wildman–Crippen MR) is 149 cm³/mol. The minimum atomic E-state index is -4.25. The first-order valence-corrected chi connectivity index (χ1v) is 13.7. The molecule has 38 heavy (non-hydrogen) atoms. The van der Waals surface area contributed by atoms with Crippen molar-refractivity contribution in [2.24, 2.45) is 11.7 Å². The smallest absolute Gasteiger partial charge is 0.416 e. The number of ether oxygens (including phenoxy) is 1. The maximum absolute atomic E-state index is 12.3. The lowest BCUT2D eigenvalue weighted by Gasteiger charge is -2.14. The second-order valence-corrected chi connectivity index (χ2v) is 10.5. The van der Waals surface area contributed by atoms with Crippen LogP contribution in [0, 0.1) is 5.92 Å². The van der Waals surface area contributed by atoms with E-state index in [0.29, 0.717) is 12.0 Å². The van der Waals surface area contributed by atoms with Crippen LogP contribution in [-0.4, -0.2) is 43.6 Å². The van der Waals surface area contributed by atoms with Crippen LogP contribution in [0.1, 0.15) is 63.5 Å². The Labute approximate surface area is 229 Å². The lowest BCUT2D eigenvalue weighted by Crippen LogP contribution is -2.20. The van der Waals surface area contributed by atoms with Gasteiger partial charge in [0.15, 0.2) is 0 Å². The lowest BCUT2D eigenvalue weighted by atomic mass is 10.1. The fraction of sp³-hybridized carbons (Fsp3) is 0.552. The van der Waals surface area contributed by atoms with Gasteiger partial charge in [-0.2, -0.15) is 13.2 Å². The Morgan fingerprint density at radius 3 is 2.29 bits per heavy atom. The van der Waals surface area contributed by atoms with Gasteiger partial charge in [0.25, 0.3) is 0 Å². The van der Waals surface area contributed by atoms with Crippen molar-refractivity contribution in [1.82, 2.24) is 4.90 Å². The molecule has 2 aromatic rings. The molecule has 9 heteroatoms. The summed E-state index contributed by atoms with van der Waals surface area (Å²) in [6, 6.07) is 11.4. The number of carbonyl (C=O) groups is 1. The standard InChI is InChI=1S/C16H22ClNO.C12H16F3N.CH3NO/c17-15-12-13(4-3-11-18-9-1-2-10-18)5-8-16(15)19-14-6-7-14;1-9(2)7-8-16-11-5-3-10(4-6-11)12(13,14)15;2-1-3/h5,8,12,14H,1-4,6-7,9-11H2;3-6,9,16H,7-8H2,1-2H3;1H,(H2,2,3). The Morgan fingerprint density at radius 1 is 1.13 bits per heavy atom. The minimum absolute atomic E-state index is 0.250. The molecule has 0 spiro atoms. The molecule has 1 aliphatic carbocycles. The zero-order valence-corrected chi connectivity index (χ0v) is 23.2. The van der Waals surface area contributed by atoms with Crippen LogP contribution >= 0.6 is 11.6 Å². The van der Waals surface area contributed by atoms with Crippen molar-refractivity contribution in [1.29, 1.82) is 0 Å². The van der Waals surface area contributed by atoms with E-state index < -0.39 is 11.7 Å². The summed E-state index contributed by atoms with van der Waals surface area (Å²) >= 11 is 6.27. The molecule has 0 atom stereocenters. The highest BCUT2D eigenvalue weighted by molar-refractivity contribution is 6.32. The first-order chi connectivity index (χ1) is 18.1. The van der Waals surface area contributed by atoms with Crippen molar-refractivity contribution in [3.63, 3.8) is 0 Å². The van der Waals surface area contributed by atoms with E-state index in [-0.39, 0.29) is 6.41 Å². The monoisotopic (exact) mass is 555 g/mol. The number of nitrogens with zero attached hydrogens (tertiary/aromatic N) is 1. The van der Waals surface area contributed by atoms with Gasteiger partial charge in [0.05, 0.1) is 16.7 Å². The van der Waals surface area contributed by atoms with Gasteiger partial charge < -0.3 is 20.7 Å². The van der Waals surface area contributed by atoms with Crippen LogP contribution in [0.5, 0.6) is 5.75 Å². The van der Waals surface area contributed by atoms with Crippen LogP contribution in [0.3, 0.4) is 0 Å². The molecule has 2 aromatic carbocycles. The third-order valence-electron chi connectivity index (χ3n) is 6.22. The number of nitrogens with one attached hydrogen (secondary N) is 1. The number of primary amides is 1. The number of likely N-dealkylation sites (tertiary alicyclic amines) is 1. The van der Waals surface area contributed by atoms with Gasteiger partial charge >= 0.3 is 6.18 Å². The summed E-state index contributed by atoms with van der Waals surface area (Å²) in [5.74, 6) is 1.44. The molecule has 2 fully saturated rings. The summed E-state index contributed by atoms with van der Waals surface area (Å²) in [7, 11) is 0. The van der Waals surface area contributed by atoms with Crippen LogP contribution in [0.15, 0.2) is 42.5 Å². The van der Waals surface area contributed by atoms with Gasteiger partial charge in [-0.1, -0.05) is 31.5 Å². The Kier molecular flexibility index (Phi) is 13.8. The number of rotatable bonds is 10. The lowest BCUT2D eigenvalue weighted by molar-refractivity contribution is -0.137. The molecular weight excluding hydrogens is 515 g/mol. The van der Waals surface area contributed by atoms with Crippen LogP contribution in [0.2, 0.25) is 5.02 Å². The van der Waals surface area contributed by atoms with Crippen molar-refractivity contribution < 1.29 is 22.7 Å². The summed E-state index contributed by atoms with van der Waals surface area (Å²) in [5.41, 5.74) is 5.61. The van der Waals surface area contributed by atoms with Crippen LogP contribution < -0.4 is 15.8 Å². The van der Waals surface area contributed by atoms with Crippen LogP contribution in [0.4, 0.5) is 18.9 Å². The van der Waals surface area contributed by atoms with E-state index in [4.69, 9.17) is 21.1 Å². The summed E-state index contributed by atoms with van der Waals surface area (Å²) in [6.07, 6.45) is 4.84. The zero-order chi connectivity index (χ0) is 28.0. The van der Waals surface area contributed by atoms with Gasteiger partial charge in [0, 0.05) is 12.2 Å². The third-order valence-corrected chi connectivity index (χ3v) is 6.51. The number of hydrogen-bond donors (Lipinski definition) is 2. The molecule has 4 rings (SSSR count). The quantitative estimate of drug-likeness (QED) is 0.305. The average Bonchev–Trinajstić information content (AvgIpc) is 3.53. The van der Waals surface area contributed by atoms with Gasteiger partial charge in [-0.25, -0.2) is 0 Å². The zero-order valence-electron chi connectivity index (χ0n) is 22.4. The normalized spacial score (nSPS) is 15.2. The van der Waals surface area contributed by atoms with E-state index in [9.17, 15) is 13.2 Å². The van der Waals surface area contributed by atoms with Crippen LogP contribution in [0.25, 0.3) is 0 Å². The van der Waals surface area contributed by atoms with Crippen molar-refractivity contribution in [3.05, 3.63) is 58.6 Å². The molecule has 1 saturated heterocycles. The third kappa shape index (κ3) is 12.9. The number of alkyl halides is 3. The Hall–Kier alpha value is -2.45. The first-order valence-electron chi connectivity index (χ1n) is 13.4. The van der Waals surface area contributed by atoms with E-state index in [2.05, 4.69) is 41.9 Å². The van der Waals surface area contributed by atoms with E-state index >= 15 is 0 Å². The summed E-state index contributed by atoms with van der Waals surface area (Å²) in [6.45, 7) is 8.79. The molecule has 0 unspecified atom stereocenters. The van der Waals surface area contributed by atoms with E-state index in [1.165, 1.54) is 69.4 Å². The SMILES string of the molecule is CC(C)CCNc1ccc(C(F)(F)F)cc1.Clc1cc(CCCN2CCCC2)ccc1OC1CC1.NC=O. The van der Waals surface area contributed by atoms with Gasteiger partial charge in [-0.05, 0) is 112 Å². The molecule has 1 aliphatic heterocycles.